The predicted octanol–water partition coefficient (Wildman–Crippen LogP) is 3.47. The van der Waals surface area contributed by atoms with E-state index in [2.05, 4.69) is 6.58 Å². The van der Waals surface area contributed by atoms with E-state index in [1.165, 1.54) is 32.1 Å². The Labute approximate surface area is 83.0 Å². The molecule has 0 aliphatic heterocycles. The van der Waals surface area contributed by atoms with Gasteiger partial charge in [0, 0.05) is 0 Å². The average Bonchev–Trinajstić information content (AvgIpc) is 2.16. The minimum Gasteiger partial charge on any atom is -0.200 e. The van der Waals surface area contributed by atoms with Crippen LogP contribution in [0.15, 0.2) is 36.5 Å². The lowest BCUT2D eigenvalue weighted by molar-refractivity contribution is 0.00783. The summed E-state index contributed by atoms with van der Waals surface area (Å²) in [6.45, 7) is 5.92. The topological polar surface area (TPSA) is 23.8 Å². The van der Waals surface area contributed by atoms with Crippen molar-refractivity contribution in [2.45, 2.75) is 19.8 Å². The molecular weight excluding hydrogens is 184 g/mol. The normalized spacial score (nSPS) is 15.2. The molecule has 3 heteroatoms. The van der Waals surface area contributed by atoms with Crippen LogP contribution in [0.4, 0.5) is 8.78 Å². The highest BCUT2D eigenvalue weighted by molar-refractivity contribution is 5.21. The zero-order valence-electron chi connectivity index (χ0n) is 8.30. The molecule has 1 atom stereocenters. The van der Waals surface area contributed by atoms with E-state index in [1.807, 2.05) is 0 Å². The highest BCUT2D eigenvalue weighted by Crippen LogP contribution is 2.31. The second-order valence-corrected chi connectivity index (χ2v) is 2.94. The van der Waals surface area contributed by atoms with E-state index < -0.39 is 11.8 Å². The lowest BCUT2D eigenvalue weighted by Gasteiger charge is -2.18. The molecule has 0 aliphatic carbocycles. The van der Waals surface area contributed by atoms with Crippen LogP contribution in [0.2, 0.25) is 0 Å². The van der Waals surface area contributed by atoms with Crippen LogP contribution >= 0.6 is 0 Å². The average molecular weight is 197 g/mol. The Bertz CT molecular complexity index is 295. The maximum atomic E-state index is 13.3. The van der Waals surface area contributed by atoms with Crippen LogP contribution in [0.1, 0.15) is 13.8 Å². The first-order valence-corrected chi connectivity index (χ1v) is 4.20. The fraction of sp³-hybridized carbons (Fsp3) is 0.364. The monoisotopic (exact) mass is 197 g/mol. The molecule has 0 radical (unpaired) electrons. The van der Waals surface area contributed by atoms with Crippen molar-refractivity contribution in [1.82, 2.24) is 0 Å². The summed E-state index contributed by atoms with van der Waals surface area (Å²) in [6.07, 6.45) is 5.81. The van der Waals surface area contributed by atoms with Crippen molar-refractivity contribution in [2.75, 3.05) is 0 Å². The first-order chi connectivity index (χ1) is 6.46. The summed E-state index contributed by atoms with van der Waals surface area (Å²) in [5.74, 6) is -4.38. The molecule has 0 fully saturated rings. The summed E-state index contributed by atoms with van der Waals surface area (Å²) in [4.78, 5) is 0. The van der Waals surface area contributed by atoms with Crippen LogP contribution in [0.3, 0.4) is 0 Å². The van der Waals surface area contributed by atoms with Crippen LogP contribution in [-0.4, -0.2) is 5.92 Å². The van der Waals surface area contributed by atoms with Crippen molar-refractivity contribution < 1.29 is 8.78 Å². The van der Waals surface area contributed by atoms with Crippen LogP contribution < -0.4 is 0 Å². The molecule has 0 aromatic rings. The van der Waals surface area contributed by atoms with Crippen molar-refractivity contribution in [1.29, 1.82) is 5.26 Å². The van der Waals surface area contributed by atoms with E-state index in [-0.39, 0.29) is 5.57 Å². The number of halogens is 2. The van der Waals surface area contributed by atoms with Gasteiger partial charge in [-0.1, -0.05) is 30.9 Å². The Hall–Kier alpha value is -1.43. The third-order valence-electron chi connectivity index (χ3n) is 1.86. The zero-order valence-corrected chi connectivity index (χ0v) is 8.30. The van der Waals surface area contributed by atoms with Gasteiger partial charge in [0.2, 0.25) is 0 Å². The Kier molecular flexibility index (Phi) is 4.79. The van der Waals surface area contributed by atoms with Crippen LogP contribution in [0.5, 0.6) is 0 Å². The minimum absolute atomic E-state index is 0.121. The maximum Gasteiger partial charge on any atom is 0.284 e. The molecule has 0 rings (SSSR count). The number of alkyl halides is 2. The third kappa shape index (κ3) is 3.14. The summed E-state index contributed by atoms with van der Waals surface area (Å²) in [6, 6.07) is 1.54. The highest BCUT2D eigenvalue weighted by atomic mass is 19.3. The van der Waals surface area contributed by atoms with Gasteiger partial charge in [0.05, 0.1) is 6.07 Å². The largest absolute Gasteiger partial charge is 0.284 e. The Balaban J connectivity index is 4.74. The molecule has 0 aromatic heterocycles. The lowest BCUT2D eigenvalue weighted by atomic mass is 9.98. The summed E-state index contributed by atoms with van der Waals surface area (Å²) in [7, 11) is 0. The standard InChI is InChI=1S/C11H13F2N/c1-4-5-6-7-9(2)11(12,13)10(3)8-14/h4-7,10H,1H2,2-3H3/b6-5-,9-7+. The molecule has 0 saturated carbocycles. The number of nitriles is 1. The van der Waals surface area contributed by atoms with Crippen molar-refractivity contribution >= 4 is 0 Å². The van der Waals surface area contributed by atoms with Crippen molar-refractivity contribution in [3.05, 3.63) is 36.5 Å². The van der Waals surface area contributed by atoms with Gasteiger partial charge < -0.3 is 0 Å². The number of hydrogen-bond acceptors (Lipinski definition) is 1. The number of hydrogen-bond donors (Lipinski definition) is 0. The molecule has 0 aliphatic rings. The van der Waals surface area contributed by atoms with Crippen molar-refractivity contribution in [3.8, 4) is 6.07 Å². The first kappa shape index (κ1) is 12.6. The van der Waals surface area contributed by atoms with Gasteiger partial charge in [0.1, 0.15) is 5.92 Å². The van der Waals surface area contributed by atoms with E-state index in [0.29, 0.717) is 0 Å². The summed E-state index contributed by atoms with van der Waals surface area (Å²) in [5, 5.41) is 8.40. The second-order valence-electron chi connectivity index (χ2n) is 2.94. The molecule has 76 valence electrons. The Morgan fingerprint density at radius 1 is 1.50 bits per heavy atom. The van der Waals surface area contributed by atoms with E-state index in [4.69, 9.17) is 5.26 Å². The zero-order chi connectivity index (χ0) is 11.2. The van der Waals surface area contributed by atoms with Gasteiger partial charge in [-0.3, -0.25) is 0 Å². The number of nitrogens with zero attached hydrogens (tertiary/aromatic N) is 1. The van der Waals surface area contributed by atoms with Gasteiger partial charge in [0.15, 0.2) is 0 Å². The van der Waals surface area contributed by atoms with Gasteiger partial charge in [-0.25, -0.2) is 8.78 Å². The fourth-order valence-electron chi connectivity index (χ4n) is 0.812. The van der Waals surface area contributed by atoms with Gasteiger partial charge in [-0.05, 0) is 19.4 Å². The maximum absolute atomic E-state index is 13.3. The molecule has 0 spiro atoms. The molecule has 1 nitrogen and oxygen atoms in total. The molecule has 0 bridgehead atoms. The first-order valence-electron chi connectivity index (χ1n) is 4.20. The van der Waals surface area contributed by atoms with Crippen molar-refractivity contribution in [3.63, 3.8) is 0 Å². The van der Waals surface area contributed by atoms with Crippen LogP contribution in [0, 0.1) is 17.2 Å². The van der Waals surface area contributed by atoms with Gasteiger partial charge >= 0.3 is 0 Å². The lowest BCUT2D eigenvalue weighted by Crippen LogP contribution is -2.26. The molecule has 0 heterocycles. The quantitative estimate of drug-likeness (QED) is 0.633. The van der Waals surface area contributed by atoms with E-state index in [1.54, 1.807) is 12.1 Å². The van der Waals surface area contributed by atoms with E-state index in [0.717, 1.165) is 0 Å². The Morgan fingerprint density at radius 3 is 2.50 bits per heavy atom. The number of allylic oxidation sites excluding steroid dienone is 5. The third-order valence-corrected chi connectivity index (χ3v) is 1.86. The predicted molar refractivity (Wildman–Crippen MR) is 52.8 cm³/mol. The highest BCUT2D eigenvalue weighted by Gasteiger charge is 2.38. The SMILES string of the molecule is C=C/C=C\C=C(/C)C(F)(F)C(C)C#N. The van der Waals surface area contributed by atoms with Crippen molar-refractivity contribution in [2.24, 2.45) is 5.92 Å². The van der Waals surface area contributed by atoms with Gasteiger partial charge in [-0.15, -0.1) is 0 Å². The van der Waals surface area contributed by atoms with E-state index in [9.17, 15) is 8.78 Å². The fourth-order valence-corrected chi connectivity index (χ4v) is 0.812. The summed E-state index contributed by atoms with van der Waals surface area (Å²) in [5.41, 5.74) is -0.121. The van der Waals surface area contributed by atoms with Gasteiger partial charge in [-0.2, -0.15) is 5.26 Å². The minimum atomic E-state index is -3.07. The number of rotatable bonds is 4. The molecule has 0 aromatic carbocycles. The Morgan fingerprint density at radius 2 is 2.07 bits per heavy atom. The molecule has 0 saturated heterocycles. The van der Waals surface area contributed by atoms with Gasteiger partial charge in [0.25, 0.3) is 5.92 Å². The van der Waals surface area contributed by atoms with E-state index >= 15 is 0 Å². The molecule has 0 amide bonds. The molecule has 0 N–H and O–H groups in total. The van der Waals surface area contributed by atoms with Crippen LogP contribution in [-0.2, 0) is 0 Å². The molecular formula is C11H13F2N. The second kappa shape index (κ2) is 5.33. The summed E-state index contributed by atoms with van der Waals surface area (Å²) >= 11 is 0. The summed E-state index contributed by atoms with van der Waals surface area (Å²) < 4.78 is 26.6. The molecule has 1 unspecified atom stereocenters. The smallest absolute Gasteiger partial charge is 0.200 e. The molecule has 14 heavy (non-hydrogen) atoms. The van der Waals surface area contributed by atoms with Crippen LogP contribution in [0.25, 0.3) is 0 Å².